The number of phenolic OH excluding ortho intramolecular Hbond substituents is 1. The van der Waals surface area contributed by atoms with E-state index in [2.05, 4.69) is 74.4 Å². The number of thioether (sulfide) groups is 1. The maximum atomic E-state index is 11.1. The molecule has 162 valence electrons. The van der Waals surface area contributed by atoms with E-state index in [0.717, 1.165) is 30.4 Å². The van der Waals surface area contributed by atoms with Gasteiger partial charge in [-0.1, -0.05) is 88.0 Å². The lowest BCUT2D eigenvalue weighted by Crippen LogP contribution is -2.23. The number of benzene rings is 1. The molecule has 0 spiro atoms. The molecule has 1 aromatic carbocycles. The topological polar surface area (TPSA) is 20.2 Å². The highest BCUT2D eigenvalue weighted by Crippen LogP contribution is 2.45. The van der Waals surface area contributed by atoms with Crippen LogP contribution in [0, 0.1) is 5.41 Å². The van der Waals surface area contributed by atoms with E-state index >= 15 is 0 Å². The van der Waals surface area contributed by atoms with Crippen molar-refractivity contribution in [1.29, 1.82) is 0 Å². The molecule has 0 aromatic heterocycles. The molecule has 0 saturated heterocycles. The normalized spacial score (nSPS) is 14.9. The van der Waals surface area contributed by atoms with Gasteiger partial charge in [0.25, 0.3) is 0 Å². The van der Waals surface area contributed by atoms with E-state index < -0.39 is 0 Å². The van der Waals surface area contributed by atoms with E-state index in [4.69, 9.17) is 0 Å². The fourth-order valence-electron chi connectivity index (χ4n) is 4.43. The van der Waals surface area contributed by atoms with Crippen LogP contribution in [0.4, 0.5) is 0 Å². The van der Waals surface area contributed by atoms with Gasteiger partial charge in [-0.25, -0.2) is 0 Å². The first-order chi connectivity index (χ1) is 12.9. The highest BCUT2D eigenvalue weighted by Gasteiger charge is 2.28. The molecule has 0 aliphatic rings. The van der Waals surface area contributed by atoms with E-state index in [1.165, 1.54) is 30.6 Å². The monoisotopic (exact) mass is 406 g/mol. The number of rotatable bonds is 11. The fraction of sp³-hybridized carbons (Fsp3) is 0.769. The minimum atomic E-state index is 0.170. The van der Waals surface area contributed by atoms with E-state index in [1.807, 2.05) is 11.8 Å². The Balaban J connectivity index is 3.27. The molecule has 28 heavy (non-hydrogen) atoms. The SMILES string of the molecule is CCCCC(C)c1cc(SC(C)(C)CC(C)(C)C)cc(C(C)CCCC)c1O. The molecule has 0 bridgehead atoms. The molecule has 0 amide bonds. The fourth-order valence-corrected chi connectivity index (χ4v) is 5.94. The third-order valence-corrected chi connectivity index (χ3v) is 6.70. The zero-order chi connectivity index (χ0) is 21.5. The summed E-state index contributed by atoms with van der Waals surface area (Å²) in [4.78, 5) is 1.32. The molecule has 0 heterocycles. The smallest absolute Gasteiger partial charge is 0.122 e. The van der Waals surface area contributed by atoms with E-state index in [-0.39, 0.29) is 4.75 Å². The first-order valence-electron chi connectivity index (χ1n) is 11.5. The zero-order valence-corrected chi connectivity index (χ0v) is 20.9. The van der Waals surface area contributed by atoms with Gasteiger partial charge in [-0.15, -0.1) is 11.8 Å². The predicted molar refractivity (Wildman–Crippen MR) is 128 cm³/mol. The molecular weight excluding hydrogens is 360 g/mol. The summed E-state index contributed by atoms with van der Waals surface area (Å²) in [5.41, 5.74) is 2.62. The Labute approximate surface area is 180 Å². The number of phenols is 1. The van der Waals surface area contributed by atoms with Crippen LogP contribution in [0.2, 0.25) is 0 Å². The molecule has 0 aliphatic heterocycles. The summed E-state index contributed by atoms with van der Waals surface area (Å²) in [7, 11) is 0. The molecule has 2 atom stereocenters. The van der Waals surface area contributed by atoms with Gasteiger partial charge in [-0.3, -0.25) is 0 Å². The molecule has 0 fully saturated rings. The Morgan fingerprint density at radius 2 is 1.29 bits per heavy atom. The van der Waals surface area contributed by atoms with Crippen LogP contribution < -0.4 is 0 Å². The quantitative estimate of drug-likeness (QED) is 0.369. The van der Waals surface area contributed by atoms with Gasteiger partial charge in [0.15, 0.2) is 0 Å². The van der Waals surface area contributed by atoms with Crippen LogP contribution >= 0.6 is 11.8 Å². The number of hydrogen-bond donors (Lipinski definition) is 1. The minimum absolute atomic E-state index is 0.170. The van der Waals surface area contributed by atoms with Crippen molar-refractivity contribution in [2.75, 3.05) is 0 Å². The van der Waals surface area contributed by atoms with Crippen LogP contribution in [0.5, 0.6) is 5.75 Å². The van der Waals surface area contributed by atoms with Gasteiger partial charge < -0.3 is 5.11 Å². The average Bonchev–Trinajstić information content (AvgIpc) is 2.56. The number of hydrogen-bond acceptors (Lipinski definition) is 2. The number of aromatic hydroxyl groups is 1. The summed E-state index contributed by atoms with van der Waals surface area (Å²) >= 11 is 1.98. The molecule has 2 heteroatoms. The second-order valence-corrected chi connectivity index (χ2v) is 12.4. The lowest BCUT2D eigenvalue weighted by atomic mass is 9.86. The van der Waals surface area contributed by atoms with Crippen molar-refractivity contribution >= 4 is 11.8 Å². The summed E-state index contributed by atoms with van der Waals surface area (Å²) in [5, 5.41) is 11.1. The maximum absolute atomic E-state index is 11.1. The van der Waals surface area contributed by atoms with Crippen LogP contribution in [0.1, 0.15) is 130 Å². The van der Waals surface area contributed by atoms with Gasteiger partial charge >= 0.3 is 0 Å². The lowest BCUT2D eigenvalue weighted by molar-refractivity contribution is 0.339. The predicted octanol–water partition coefficient (Wildman–Crippen LogP) is 9.29. The van der Waals surface area contributed by atoms with Crippen molar-refractivity contribution in [3.05, 3.63) is 23.3 Å². The second kappa shape index (κ2) is 11.0. The van der Waals surface area contributed by atoms with Crippen molar-refractivity contribution in [2.24, 2.45) is 5.41 Å². The molecule has 1 nitrogen and oxygen atoms in total. The van der Waals surface area contributed by atoms with Gasteiger partial charge in [0.2, 0.25) is 0 Å². The molecule has 1 N–H and O–H groups in total. The summed E-state index contributed by atoms with van der Waals surface area (Å²) < 4.78 is 0.170. The molecule has 1 aromatic rings. The summed E-state index contributed by atoms with van der Waals surface area (Å²) in [6.45, 7) is 20.7. The van der Waals surface area contributed by atoms with Gasteiger partial charge in [-0.2, -0.15) is 0 Å². The standard InChI is InChI=1S/C26H46OS/c1-10-12-14-19(3)22-16-21(28-26(8,9)18-25(5,6)7)17-23(24(22)27)20(4)15-13-11-2/h16-17,19-20,27H,10-15,18H2,1-9H3. The van der Waals surface area contributed by atoms with Crippen molar-refractivity contribution in [3.8, 4) is 5.75 Å². The third kappa shape index (κ3) is 8.39. The van der Waals surface area contributed by atoms with E-state index in [0.29, 0.717) is 23.0 Å². The Bertz CT molecular complexity index is 562. The van der Waals surface area contributed by atoms with Crippen LogP contribution in [-0.4, -0.2) is 9.85 Å². The van der Waals surface area contributed by atoms with Gasteiger partial charge in [0.1, 0.15) is 5.75 Å². The van der Waals surface area contributed by atoms with Crippen LogP contribution in [0.3, 0.4) is 0 Å². The first-order valence-corrected chi connectivity index (χ1v) is 12.3. The Hall–Kier alpha value is -0.630. The summed E-state index contributed by atoms with van der Waals surface area (Å²) in [6.07, 6.45) is 8.30. The van der Waals surface area contributed by atoms with E-state index in [1.54, 1.807) is 0 Å². The first kappa shape index (κ1) is 25.4. The maximum Gasteiger partial charge on any atom is 0.122 e. The Morgan fingerprint density at radius 3 is 1.64 bits per heavy atom. The van der Waals surface area contributed by atoms with Crippen molar-refractivity contribution < 1.29 is 5.11 Å². The van der Waals surface area contributed by atoms with E-state index in [9.17, 15) is 5.11 Å². The lowest BCUT2D eigenvalue weighted by Gasteiger charge is -2.32. The molecule has 0 saturated carbocycles. The van der Waals surface area contributed by atoms with Gasteiger partial charge in [0, 0.05) is 9.64 Å². The second-order valence-electron chi connectivity index (χ2n) is 10.6. The summed E-state index contributed by atoms with van der Waals surface area (Å²) in [5.74, 6) is 1.37. The number of unbranched alkanes of at least 4 members (excludes halogenated alkanes) is 2. The molecule has 1 rings (SSSR count). The van der Waals surface area contributed by atoms with Crippen LogP contribution in [-0.2, 0) is 0 Å². The summed E-state index contributed by atoms with van der Waals surface area (Å²) in [6, 6.07) is 4.56. The van der Waals surface area contributed by atoms with Crippen LogP contribution in [0.15, 0.2) is 17.0 Å². The largest absolute Gasteiger partial charge is 0.507 e. The van der Waals surface area contributed by atoms with Crippen molar-refractivity contribution in [2.45, 2.75) is 129 Å². The highest BCUT2D eigenvalue weighted by atomic mass is 32.2. The molecule has 0 radical (unpaired) electrons. The van der Waals surface area contributed by atoms with Gasteiger partial charge in [-0.05, 0) is 59.8 Å². The van der Waals surface area contributed by atoms with Crippen molar-refractivity contribution in [1.82, 2.24) is 0 Å². The average molecular weight is 407 g/mol. The zero-order valence-electron chi connectivity index (χ0n) is 20.1. The Morgan fingerprint density at radius 1 is 0.857 bits per heavy atom. The Kier molecular flexibility index (Phi) is 9.94. The van der Waals surface area contributed by atoms with Gasteiger partial charge in [0.05, 0.1) is 0 Å². The van der Waals surface area contributed by atoms with Crippen LogP contribution in [0.25, 0.3) is 0 Å². The highest BCUT2D eigenvalue weighted by molar-refractivity contribution is 8.00. The minimum Gasteiger partial charge on any atom is -0.507 e. The van der Waals surface area contributed by atoms with Crippen molar-refractivity contribution in [3.63, 3.8) is 0 Å². The molecular formula is C26H46OS. The molecule has 0 aliphatic carbocycles. The molecule has 2 unspecified atom stereocenters. The third-order valence-electron chi connectivity index (χ3n) is 5.54.